The Kier molecular flexibility index (Phi) is 28.3. The van der Waals surface area contributed by atoms with Crippen LogP contribution in [0.5, 0.6) is 0 Å². The number of ether oxygens (including phenoxy) is 9. The van der Waals surface area contributed by atoms with Gasteiger partial charge in [0, 0.05) is 33.8 Å². The Balaban J connectivity index is 0.000000175. The molecule has 0 saturated carbocycles. The van der Waals surface area contributed by atoms with Gasteiger partial charge in [-0.15, -0.1) is 19.7 Å². The molecule has 1 amide bonds. The van der Waals surface area contributed by atoms with Crippen molar-refractivity contribution >= 4 is 96.2 Å². The molecule has 0 unspecified atom stereocenters. The Morgan fingerprint density at radius 2 is 0.879 bits per heavy atom. The summed E-state index contributed by atoms with van der Waals surface area (Å²) in [6.07, 6.45) is 4.97. The molecule has 7 aromatic carbocycles. The molecule has 9 aromatic rings. The van der Waals surface area contributed by atoms with Crippen molar-refractivity contribution in [2.24, 2.45) is 0 Å². The predicted octanol–water partition coefficient (Wildman–Crippen LogP) is 14.3. The predicted molar refractivity (Wildman–Crippen MR) is 470 cm³/mol. The normalized spacial score (nSPS) is 24.6. The summed E-state index contributed by atoms with van der Waals surface area (Å²) >= 11 is 5.25. The summed E-state index contributed by atoms with van der Waals surface area (Å²) in [5.41, 5.74) is -1.39. The molecule has 13 rings (SSSR count). The number of carbonyl (C=O) groups is 1. The van der Waals surface area contributed by atoms with E-state index in [1.54, 1.807) is 63.2 Å². The third kappa shape index (κ3) is 17.8. The first-order valence-corrected chi connectivity index (χ1v) is 45.9. The lowest BCUT2D eigenvalue weighted by atomic mass is 9.91. The lowest BCUT2D eigenvalue weighted by Crippen LogP contribution is -2.68. The SMILES string of the molecule is C=CC[C@]1(CO[Si](c2ccccc2)(c2ccccc2)C(C)(C)C)O[C@@H](C)[C@H](OC(C)=S)[C@@H]1OC.C=CC[C@]1(CO[Si](c2ccccc2)(c2ccccc2)C(C)(C)C)O[C@@H](n2cnc3c(NC(=O)c4ccccc4)ncnc32)[C@H](O)[C@@H]1OC.C=CC[C@]1(CO[Si](c2ccccc2)(c2ccccc2)C(C)(C)C)O[C@@H]2OC(C)(C)O[C@@H]2[C@@H]1OC. The molecular formula is C93H117N5O14SSi3. The Labute approximate surface area is 694 Å². The molecule has 4 fully saturated rings. The van der Waals surface area contributed by atoms with Crippen LogP contribution in [-0.4, -0.2) is 173 Å². The number of aliphatic hydroxyl groups excluding tert-OH is 1. The topological polar surface area (TPSA) is 204 Å². The van der Waals surface area contributed by atoms with Gasteiger partial charge in [0.1, 0.15) is 53.7 Å². The number of nitrogens with zero attached hydrogens (tertiary/aromatic N) is 4. The van der Waals surface area contributed by atoms with Crippen molar-refractivity contribution in [1.82, 2.24) is 19.5 Å². The molecule has 12 atom stereocenters. The van der Waals surface area contributed by atoms with E-state index in [1.165, 1.54) is 33.4 Å². The molecule has 4 saturated heterocycles. The molecule has 0 spiro atoms. The maximum Gasteiger partial charge on any atom is 0.261 e. The van der Waals surface area contributed by atoms with Crippen LogP contribution in [0.3, 0.4) is 0 Å². The molecule has 2 N–H and O–H groups in total. The summed E-state index contributed by atoms with van der Waals surface area (Å²) < 4.78 is 79.8. The van der Waals surface area contributed by atoms with Crippen molar-refractivity contribution in [2.75, 3.05) is 46.5 Å². The molecule has 6 heterocycles. The molecule has 4 aliphatic rings. The summed E-state index contributed by atoms with van der Waals surface area (Å²) in [6, 6.07) is 72.0. The highest BCUT2D eigenvalue weighted by Crippen LogP contribution is 2.50. The molecule has 19 nitrogen and oxygen atoms in total. The van der Waals surface area contributed by atoms with Gasteiger partial charge in [-0.25, -0.2) is 15.0 Å². The second kappa shape index (κ2) is 37.0. The number of imidazole rings is 1. The number of methoxy groups -OCH3 is 3. The fourth-order valence-corrected chi connectivity index (χ4v) is 31.7. The van der Waals surface area contributed by atoms with E-state index in [4.69, 9.17) is 68.1 Å². The number of carbonyl (C=O) groups excluding carboxylic acids is 1. The number of nitrogens with one attached hydrogen (secondary N) is 1. The number of hydrogen-bond donors (Lipinski definition) is 2. The number of aliphatic hydroxyl groups is 1. The first-order chi connectivity index (χ1) is 55.3. The second-order valence-corrected chi connectivity index (χ2v) is 47.3. The van der Waals surface area contributed by atoms with Crippen molar-refractivity contribution in [3.05, 3.63) is 269 Å². The van der Waals surface area contributed by atoms with Gasteiger partial charge < -0.3 is 66.3 Å². The van der Waals surface area contributed by atoms with Crippen molar-refractivity contribution in [1.29, 1.82) is 0 Å². The standard InChI is InChI=1S/C37H41N5O5Si.C28H38O5Si.C28H38O4SSi/c1-6-22-37(23-46-48(36(2,3)4,27-18-12-8-13-19-27)28-20-14-9-15-21-28)31(45-5)30(43)35(47-37)42-25-40-29-32(38-24-39-33(29)42)41-34(44)26-16-10-7-11-17-26;1-8-19-28(24(29-7)23-25(33-28)32-27(5,6)31-23)20-30-34(26(2,3)4,21-15-11-9-12-16-21)22-17-13-10-14-18-22;1-8-19-28(26(29-7)25(21(2)32-28)31-22(3)33)20-30-34(27(4,5)6,23-15-11-9-12-16-23)24-17-13-10-14-18-24/h6-21,24-25,30-31,35,43H,1,22-23H2,2-5H3,(H,38,39,41,44);8-18,23-25H,1,19-20H2,2-7H3;8-18,21,25-26H,1,19-20H2,2-7H3/t30-,31+,35-,37-;23-,24+,25+,28-;21-,25-,26-,28+/m110/s1. The zero-order chi connectivity index (χ0) is 83.5. The van der Waals surface area contributed by atoms with Gasteiger partial charge in [-0.05, 0) is 111 Å². The Morgan fingerprint density at radius 3 is 1.23 bits per heavy atom. The summed E-state index contributed by atoms with van der Waals surface area (Å²) in [4.78, 5) is 26.2. The number of anilines is 1. The zero-order valence-corrected chi connectivity index (χ0v) is 73.9. The van der Waals surface area contributed by atoms with Crippen LogP contribution < -0.4 is 36.4 Å². The van der Waals surface area contributed by atoms with E-state index in [-0.39, 0.29) is 64.0 Å². The van der Waals surface area contributed by atoms with E-state index in [9.17, 15) is 9.90 Å². The summed E-state index contributed by atoms with van der Waals surface area (Å²) in [6.45, 7) is 40.7. The van der Waals surface area contributed by atoms with E-state index >= 15 is 0 Å². The smallest absolute Gasteiger partial charge is 0.261 e. The first kappa shape index (κ1) is 88.6. The maximum absolute atomic E-state index is 12.9. The third-order valence-corrected chi connectivity index (χ3v) is 37.8. The quantitative estimate of drug-likeness (QED) is 0.0266. The van der Waals surface area contributed by atoms with E-state index in [2.05, 4.69) is 224 Å². The highest BCUT2D eigenvalue weighted by atomic mass is 32.1. The molecule has 2 aromatic heterocycles. The number of thiocarbonyl (C=S) groups is 1. The molecule has 23 heteroatoms. The van der Waals surface area contributed by atoms with Gasteiger partial charge in [0.2, 0.25) is 0 Å². The third-order valence-electron chi connectivity index (χ3n) is 22.7. The Hall–Kier alpha value is -8.16. The van der Waals surface area contributed by atoms with Gasteiger partial charge in [0.05, 0.1) is 32.3 Å². The zero-order valence-electron chi connectivity index (χ0n) is 70.1. The van der Waals surface area contributed by atoms with E-state index in [1.807, 2.05) is 99.7 Å². The lowest BCUT2D eigenvalue weighted by Gasteiger charge is -2.45. The lowest BCUT2D eigenvalue weighted by molar-refractivity contribution is -0.246. The minimum Gasteiger partial charge on any atom is -0.479 e. The first-order valence-electron chi connectivity index (χ1n) is 39.8. The van der Waals surface area contributed by atoms with Crippen molar-refractivity contribution in [3.63, 3.8) is 0 Å². The van der Waals surface area contributed by atoms with E-state index < -0.39 is 72.3 Å². The molecule has 116 heavy (non-hydrogen) atoms. The average Bonchev–Trinajstić information content (AvgIpc) is 1.45. The van der Waals surface area contributed by atoms with Gasteiger partial charge >= 0.3 is 0 Å². The van der Waals surface area contributed by atoms with Gasteiger partial charge in [-0.3, -0.25) is 9.36 Å². The molecule has 616 valence electrons. The van der Waals surface area contributed by atoms with Crippen LogP contribution in [0.15, 0.2) is 263 Å². The van der Waals surface area contributed by atoms with E-state index in [0.29, 0.717) is 54.3 Å². The van der Waals surface area contributed by atoms with Crippen molar-refractivity contribution < 1.29 is 65.8 Å². The summed E-state index contributed by atoms with van der Waals surface area (Å²) in [5.74, 6) is -0.798. The number of benzene rings is 7. The van der Waals surface area contributed by atoms with Gasteiger partial charge in [-0.2, -0.15) is 0 Å². The van der Waals surface area contributed by atoms with Crippen molar-refractivity contribution in [3.8, 4) is 0 Å². The van der Waals surface area contributed by atoms with Crippen LogP contribution in [0.1, 0.15) is 126 Å². The van der Waals surface area contributed by atoms with Crippen LogP contribution in [0, 0.1) is 0 Å². The van der Waals surface area contributed by atoms with Gasteiger partial charge in [0.15, 0.2) is 46.4 Å². The number of hydrogen-bond acceptors (Lipinski definition) is 18. The largest absolute Gasteiger partial charge is 0.479 e. The molecule has 0 radical (unpaired) electrons. The van der Waals surface area contributed by atoms with E-state index in [0.717, 1.165) is 10.4 Å². The van der Waals surface area contributed by atoms with Crippen LogP contribution in [-0.2, 0) is 55.9 Å². The van der Waals surface area contributed by atoms with Gasteiger partial charge in [-0.1, -0.05) is 281 Å². The number of aromatic nitrogens is 4. The maximum atomic E-state index is 12.9. The number of rotatable bonds is 28. The fourth-order valence-electron chi connectivity index (χ4n) is 17.8. The van der Waals surface area contributed by atoms with Crippen molar-refractivity contribution in [2.45, 2.75) is 202 Å². The minimum atomic E-state index is -2.97. The minimum absolute atomic E-state index is 0.123. The average molecular weight is 1650 g/mol. The Bertz CT molecular complexity index is 4600. The molecule has 4 aliphatic heterocycles. The van der Waals surface area contributed by atoms with Gasteiger partial charge in [0.25, 0.3) is 30.9 Å². The fraction of sp³-hybridized carbons (Fsp3) is 0.409. The Morgan fingerprint density at radius 1 is 0.517 bits per heavy atom. The van der Waals surface area contributed by atoms with Crippen LogP contribution in [0.2, 0.25) is 15.1 Å². The summed E-state index contributed by atoms with van der Waals surface area (Å²) in [7, 11) is -3.51. The highest BCUT2D eigenvalue weighted by molar-refractivity contribution is 7.80. The number of amides is 1. The van der Waals surface area contributed by atoms with Crippen LogP contribution in [0.25, 0.3) is 11.2 Å². The van der Waals surface area contributed by atoms with Crippen LogP contribution >= 0.6 is 12.2 Å². The monoisotopic (exact) mass is 1640 g/mol. The summed E-state index contributed by atoms with van der Waals surface area (Å²) in [5, 5.41) is 21.8. The second-order valence-electron chi connectivity index (χ2n) is 33.8. The number of fused-ring (bicyclic) bond motifs is 2. The molecular weight excluding hydrogens is 1530 g/mol. The highest BCUT2D eigenvalue weighted by Gasteiger charge is 2.65. The molecule has 0 aliphatic carbocycles. The molecule has 0 bridgehead atoms. The van der Waals surface area contributed by atoms with Crippen LogP contribution in [0.4, 0.5) is 5.82 Å².